The van der Waals surface area contributed by atoms with Crippen molar-refractivity contribution in [1.82, 2.24) is 0 Å². The van der Waals surface area contributed by atoms with Crippen molar-refractivity contribution in [2.45, 2.75) is 0 Å². The van der Waals surface area contributed by atoms with E-state index in [0.717, 1.165) is 15.3 Å². The topological polar surface area (TPSA) is 29.1 Å². The fraction of sp³-hybridized carbons (Fsp3) is 0.0714. The number of anilines is 1. The standard InChI is InChI=1S/C14H12BNOS/c1-16-11-4-2-10(3-5-11)13(17)8-6-12-7-9-14(15)18-12/h2-9,16H,1H3/b8-6+. The summed E-state index contributed by atoms with van der Waals surface area (Å²) < 4.78 is 0.750. The summed E-state index contributed by atoms with van der Waals surface area (Å²) in [5.41, 5.74) is 1.66. The lowest BCUT2D eigenvalue weighted by Crippen LogP contribution is -1.95. The van der Waals surface area contributed by atoms with Gasteiger partial charge >= 0.3 is 0 Å². The Kier molecular flexibility index (Phi) is 4.00. The number of hydrogen-bond donors (Lipinski definition) is 1. The highest BCUT2D eigenvalue weighted by atomic mass is 32.1. The number of thiophene rings is 1. The van der Waals surface area contributed by atoms with Gasteiger partial charge in [-0.3, -0.25) is 4.79 Å². The van der Waals surface area contributed by atoms with Gasteiger partial charge in [-0.15, -0.1) is 0 Å². The van der Waals surface area contributed by atoms with Crippen molar-refractivity contribution in [3.63, 3.8) is 0 Å². The Hall–Kier alpha value is -1.81. The summed E-state index contributed by atoms with van der Waals surface area (Å²) in [6.45, 7) is 0. The first-order chi connectivity index (χ1) is 8.69. The van der Waals surface area contributed by atoms with Gasteiger partial charge in [-0.25, -0.2) is 0 Å². The molecule has 0 bridgehead atoms. The lowest BCUT2D eigenvalue weighted by atomic mass is 10.1. The Morgan fingerprint density at radius 3 is 2.50 bits per heavy atom. The third kappa shape index (κ3) is 3.11. The monoisotopic (exact) mass is 253 g/mol. The molecular weight excluding hydrogens is 241 g/mol. The van der Waals surface area contributed by atoms with E-state index in [2.05, 4.69) is 5.32 Å². The molecule has 0 aliphatic heterocycles. The van der Waals surface area contributed by atoms with Gasteiger partial charge in [0.25, 0.3) is 0 Å². The van der Waals surface area contributed by atoms with Crippen molar-refractivity contribution in [2.75, 3.05) is 12.4 Å². The van der Waals surface area contributed by atoms with E-state index >= 15 is 0 Å². The molecule has 2 rings (SSSR count). The molecule has 0 unspecified atom stereocenters. The molecule has 1 N–H and O–H groups in total. The Labute approximate surface area is 112 Å². The van der Waals surface area contributed by atoms with Crippen LogP contribution in [-0.2, 0) is 0 Å². The average Bonchev–Trinajstić information content (AvgIpc) is 2.82. The molecule has 2 nitrogen and oxygen atoms in total. The highest BCUT2D eigenvalue weighted by molar-refractivity contribution is 7.20. The van der Waals surface area contributed by atoms with Gasteiger partial charge in [-0.2, -0.15) is 11.3 Å². The van der Waals surface area contributed by atoms with Gasteiger partial charge in [-0.1, -0.05) is 6.07 Å². The van der Waals surface area contributed by atoms with Gasteiger partial charge in [0.15, 0.2) is 5.78 Å². The van der Waals surface area contributed by atoms with Gasteiger partial charge in [0.1, 0.15) is 7.85 Å². The second-order valence-electron chi connectivity index (χ2n) is 3.77. The maximum atomic E-state index is 11.9. The zero-order chi connectivity index (χ0) is 13.0. The number of allylic oxidation sites excluding steroid dienone is 1. The smallest absolute Gasteiger partial charge is 0.185 e. The Morgan fingerprint density at radius 1 is 1.22 bits per heavy atom. The highest BCUT2D eigenvalue weighted by Gasteiger charge is 2.01. The summed E-state index contributed by atoms with van der Waals surface area (Å²) >= 11 is 1.46. The van der Waals surface area contributed by atoms with Crippen LogP contribution in [0.2, 0.25) is 0 Å². The molecule has 1 aromatic heterocycles. The van der Waals surface area contributed by atoms with Crippen molar-refractivity contribution >= 4 is 41.5 Å². The predicted octanol–water partition coefficient (Wildman–Crippen LogP) is 2.48. The minimum Gasteiger partial charge on any atom is -0.388 e. The van der Waals surface area contributed by atoms with Gasteiger partial charge in [0, 0.05) is 23.2 Å². The number of nitrogens with one attached hydrogen (secondary N) is 1. The first-order valence-corrected chi connectivity index (χ1v) is 6.36. The summed E-state index contributed by atoms with van der Waals surface area (Å²) in [4.78, 5) is 12.9. The largest absolute Gasteiger partial charge is 0.388 e. The Balaban J connectivity index is 2.09. The van der Waals surface area contributed by atoms with E-state index in [0.29, 0.717) is 5.56 Å². The Morgan fingerprint density at radius 2 is 1.94 bits per heavy atom. The van der Waals surface area contributed by atoms with Crippen LogP contribution in [0.1, 0.15) is 15.2 Å². The number of carbonyl (C=O) groups excluding carboxylic acids is 1. The molecule has 0 aliphatic carbocycles. The second kappa shape index (κ2) is 5.69. The first-order valence-electron chi connectivity index (χ1n) is 5.54. The summed E-state index contributed by atoms with van der Waals surface area (Å²) in [6, 6.07) is 11.1. The lowest BCUT2D eigenvalue weighted by molar-refractivity contribution is 0.104. The van der Waals surface area contributed by atoms with Gasteiger partial charge < -0.3 is 5.32 Å². The summed E-state index contributed by atoms with van der Waals surface area (Å²) in [7, 11) is 7.47. The number of benzene rings is 1. The molecule has 18 heavy (non-hydrogen) atoms. The number of carbonyl (C=O) groups is 1. The molecule has 4 heteroatoms. The molecule has 2 aromatic rings. The second-order valence-corrected chi connectivity index (χ2v) is 4.91. The van der Waals surface area contributed by atoms with Crippen LogP contribution in [0.3, 0.4) is 0 Å². The number of ketones is 1. The van der Waals surface area contributed by atoms with Gasteiger partial charge in [-0.05, 0) is 47.3 Å². The molecule has 1 aromatic carbocycles. The minimum absolute atomic E-state index is 0.00961. The number of rotatable bonds is 4. The molecule has 0 fully saturated rings. The average molecular weight is 253 g/mol. The van der Waals surface area contributed by atoms with Crippen molar-refractivity contribution < 1.29 is 4.79 Å². The van der Waals surface area contributed by atoms with E-state index in [4.69, 9.17) is 7.85 Å². The molecule has 0 aliphatic rings. The highest BCUT2D eigenvalue weighted by Crippen LogP contribution is 2.12. The van der Waals surface area contributed by atoms with Crippen LogP contribution >= 0.6 is 11.3 Å². The minimum atomic E-state index is -0.00961. The zero-order valence-corrected chi connectivity index (χ0v) is 10.8. The molecular formula is C14H12BNOS. The third-order valence-electron chi connectivity index (χ3n) is 2.50. The summed E-state index contributed by atoms with van der Waals surface area (Å²) in [5, 5.41) is 3.01. The van der Waals surface area contributed by atoms with Gasteiger partial charge in [0.05, 0.1) is 0 Å². The molecule has 88 valence electrons. The van der Waals surface area contributed by atoms with Crippen molar-refractivity contribution in [3.8, 4) is 0 Å². The molecule has 0 saturated carbocycles. The maximum Gasteiger partial charge on any atom is 0.185 e. The van der Waals surface area contributed by atoms with E-state index in [-0.39, 0.29) is 5.78 Å². The molecule has 0 saturated heterocycles. The maximum absolute atomic E-state index is 11.9. The van der Waals surface area contributed by atoms with Crippen LogP contribution < -0.4 is 10.1 Å². The van der Waals surface area contributed by atoms with Crippen LogP contribution in [0.25, 0.3) is 6.08 Å². The van der Waals surface area contributed by atoms with E-state index in [9.17, 15) is 4.79 Å². The van der Waals surface area contributed by atoms with Crippen molar-refractivity contribution in [1.29, 1.82) is 0 Å². The van der Waals surface area contributed by atoms with Crippen LogP contribution in [0, 0.1) is 0 Å². The van der Waals surface area contributed by atoms with Crippen LogP contribution in [0.5, 0.6) is 0 Å². The SMILES string of the molecule is [B]c1ccc(/C=C/C(=O)c2ccc(NC)cc2)s1. The molecule has 1 heterocycles. The first kappa shape index (κ1) is 12.6. The molecule has 0 atom stereocenters. The van der Waals surface area contributed by atoms with E-state index in [1.54, 1.807) is 24.3 Å². The summed E-state index contributed by atoms with van der Waals surface area (Å²) in [6.07, 6.45) is 3.36. The lowest BCUT2D eigenvalue weighted by Gasteiger charge is -2.00. The molecule has 0 spiro atoms. The van der Waals surface area contributed by atoms with Crippen LogP contribution in [0.15, 0.2) is 42.5 Å². The summed E-state index contributed by atoms with van der Waals surface area (Å²) in [5.74, 6) is -0.00961. The van der Waals surface area contributed by atoms with Gasteiger partial charge in [0.2, 0.25) is 0 Å². The van der Waals surface area contributed by atoms with Crippen molar-refractivity contribution in [2.24, 2.45) is 0 Å². The number of hydrogen-bond acceptors (Lipinski definition) is 3. The molecule has 2 radical (unpaired) electrons. The fourth-order valence-corrected chi connectivity index (χ4v) is 2.19. The molecule has 0 amide bonds. The Bertz CT molecular complexity index is 572. The van der Waals surface area contributed by atoms with Crippen LogP contribution in [0.4, 0.5) is 5.69 Å². The van der Waals surface area contributed by atoms with E-state index in [1.165, 1.54) is 11.3 Å². The predicted molar refractivity (Wildman–Crippen MR) is 79.1 cm³/mol. The van der Waals surface area contributed by atoms with E-state index in [1.807, 2.05) is 31.3 Å². The van der Waals surface area contributed by atoms with Crippen molar-refractivity contribution in [3.05, 3.63) is 52.9 Å². The van der Waals surface area contributed by atoms with Crippen LogP contribution in [-0.4, -0.2) is 20.7 Å². The third-order valence-corrected chi connectivity index (χ3v) is 3.38. The fourth-order valence-electron chi connectivity index (χ4n) is 1.51. The quantitative estimate of drug-likeness (QED) is 0.515. The normalized spacial score (nSPS) is 10.7. The van der Waals surface area contributed by atoms with E-state index < -0.39 is 0 Å². The zero-order valence-electron chi connectivity index (χ0n) is 10.0.